The smallest absolute Gasteiger partial charge is 0.272 e. The van der Waals surface area contributed by atoms with Crippen molar-refractivity contribution in [1.82, 2.24) is 14.7 Å². The van der Waals surface area contributed by atoms with Gasteiger partial charge in [0.05, 0.1) is 24.6 Å². The van der Waals surface area contributed by atoms with Crippen molar-refractivity contribution in [2.75, 3.05) is 32.9 Å². The van der Waals surface area contributed by atoms with Crippen LogP contribution in [0.3, 0.4) is 0 Å². The van der Waals surface area contributed by atoms with Crippen LogP contribution in [0, 0.1) is 11.3 Å². The minimum atomic E-state index is -0.353. The van der Waals surface area contributed by atoms with Crippen molar-refractivity contribution in [3.63, 3.8) is 0 Å². The second-order valence-corrected chi connectivity index (χ2v) is 8.27. The van der Waals surface area contributed by atoms with Gasteiger partial charge in [0.15, 0.2) is 0 Å². The van der Waals surface area contributed by atoms with Gasteiger partial charge in [-0.2, -0.15) is 5.10 Å². The van der Waals surface area contributed by atoms with E-state index < -0.39 is 0 Å². The Balaban J connectivity index is 1.53. The lowest BCUT2D eigenvalue weighted by molar-refractivity contribution is -0.0557. The number of carbonyl (C=O) groups excluding carboxylic acids is 1. The summed E-state index contributed by atoms with van der Waals surface area (Å²) in [6.07, 6.45) is 0.873. The van der Waals surface area contributed by atoms with Crippen molar-refractivity contribution < 1.29 is 14.6 Å². The third kappa shape index (κ3) is 3.22. The summed E-state index contributed by atoms with van der Waals surface area (Å²) in [5.74, 6) is 0.206. The van der Waals surface area contributed by atoms with Gasteiger partial charge in [-0.05, 0) is 30.5 Å². The predicted octanol–water partition coefficient (Wildman–Crippen LogP) is 3.01. The highest BCUT2D eigenvalue weighted by molar-refractivity contribution is 5.94. The second kappa shape index (κ2) is 7.70. The number of rotatable bonds is 4. The Bertz CT molecular complexity index is 1030. The van der Waals surface area contributed by atoms with Crippen LogP contribution in [-0.4, -0.2) is 58.6 Å². The number of hydrogen-bond donors (Lipinski definition) is 1. The Morgan fingerprint density at radius 1 is 1.13 bits per heavy atom. The van der Waals surface area contributed by atoms with Crippen LogP contribution in [-0.2, 0) is 4.74 Å². The first-order chi connectivity index (χ1) is 14.7. The summed E-state index contributed by atoms with van der Waals surface area (Å²) in [5, 5.41) is 14.8. The summed E-state index contributed by atoms with van der Waals surface area (Å²) in [6, 6.07) is 21.5. The van der Waals surface area contributed by atoms with Crippen LogP contribution < -0.4 is 0 Å². The Morgan fingerprint density at radius 2 is 1.87 bits per heavy atom. The van der Waals surface area contributed by atoms with E-state index in [2.05, 4.69) is 0 Å². The fourth-order valence-electron chi connectivity index (χ4n) is 4.69. The molecule has 30 heavy (non-hydrogen) atoms. The summed E-state index contributed by atoms with van der Waals surface area (Å²) in [7, 11) is 0. The maximum absolute atomic E-state index is 13.6. The number of carbonyl (C=O) groups is 1. The molecule has 0 bridgehead atoms. The molecule has 2 aromatic carbocycles. The summed E-state index contributed by atoms with van der Waals surface area (Å²) >= 11 is 0. The number of fused-ring (bicyclic) bond motifs is 1. The topological polar surface area (TPSA) is 67.6 Å². The Kier molecular flexibility index (Phi) is 4.89. The van der Waals surface area contributed by atoms with Crippen LogP contribution in [0.25, 0.3) is 16.9 Å². The summed E-state index contributed by atoms with van der Waals surface area (Å²) in [6.45, 7) is 2.38. The van der Waals surface area contributed by atoms with Gasteiger partial charge in [0.1, 0.15) is 5.69 Å². The molecule has 6 nitrogen and oxygen atoms in total. The first-order valence-electron chi connectivity index (χ1n) is 10.4. The average Bonchev–Trinajstić information content (AvgIpc) is 3.43. The lowest BCUT2D eigenvalue weighted by atomic mass is 9.76. The highest BCUT2D eigenvalue weighted by Crippen LogP contribution is 2.41. The first kappa shape index (κ1) is 19.0. The molecule has 2 aliphatic heterocycles. The quantitative estimate of drug-likeness (QED) is 0.727. The molecule has 3 heterocycles. The molecule has 2 aliphatic rings. The lowest BCUT2D eigenvalue weighted by Crippen LogP contribution is -2.43. The summed E-state index contributed by atoms with van der Waals surface area (Å²) < 4.78 is 7.38. The number of hydrogen-bond acceptors (Lipinski definition) is 4. The molecule has 0 unspecified atom stereocenters. The normalized spacial score (nSPS) is 23.4. The number of para-hydroxylation sites is 1. The molecule has 2 atom stereocenters. The first-order valence-corrected chi connectivity index (χ1v) is 10.4. The predicted molar refractivity (Wildman–Crippen MR) is 113 cm³/mol. The van der Waals surface area contributed by atoms with Crippen LogP contribution in [0.1, 0.15) is 16.9 Å². The maximum atomic E-state index is 13.6. The van der Waals surface area contributed by atoms with Crippen LogP contribution in [0.5, 0.6) is 0 Å². The molecular weight excluding hydrogens is 378 g/mol. The van der Waals surface area contributed by atoms with Crippen LogP contribution in [0.4, 0.5) is 0 Å². The second-order valence-electron chi connectivity index (χ2n) is 8.27. The minimum Gasteiger partial charge on any atom is -0.396 e. The summed E-state index contributed by atoms with van der Waals surface area (Å²) in [5.41, 5.74) is 2.76. The van der Waals surface area contributed by atoms with E-state index in [1.807, 2.05) is 71.6 Å². The summed E-state index contributed by atoms with van der Waals surface area (Å²) in [4.78, 5) is 15.5. The van der Waals surface area contributed by atoms with Crippen molar-refractivity contribution in [3.8, 4) is 16.9 Å². The van der Waals surface area contributed by atoms with E-state index in [1.54, 1.807) is 4.68 Å². The molecule has 0 aliphatic carbocycles. The zero-order valence-corrected chi connectivity index (χ0v) is 16.8. The molecule has 6 heteroatoms. The highest BCUT2D eigenvalue weighted by atomic mass is 16.5. The number of likely N-dealkylation sites (tertiary alicyclic amines) is 1. The standard InChI is InChI=1S/C24H25N3O3/c28-16-24-15-26(14-19(24)11-12-30-17-24)23(29)22-13-21(18-7-3-1-4-8-18)25-27(22)20-9-5-2-6-10-20/h1-10,13,19,28H,11-12,14-17H2/t19-,24+/m0/s1. The molecule has 3 aromatic rings. The molecule has 0 saturated carbocycles. The lowest BCUT2D eigenvalue weighted by Gasteiger charge is -2.36. The molecule has 2 fully saturated rings. The molecule has 5 rings (SSSR count). The molecule has 0 radical (unpaired) electrons. The van der Waals surface area contributed by atoms with Crippen molar-refractivity contribution in [2.24, 2.45) is 11.3 Å². The maximum Gasteiger partial charge on any atom is 0.272 e. The van der Waals surface area contributed by atoms with Gasteiger partial charge >= 0.3 is 0 Å². The van der Waals surface area contributed by atoms with Crippen molar-refractivity contribution >= 4 is 5.91 Å². The van der Waals surface area contributed by atoms with Gasteiger partial charge in [-0.1, -0.05) is 48.5 Å². The van der Waals surface area contributed by atoms with E-state index in [4.69, 9.17) is 9.84 Å². The third-order valence-electron chi connectivity index (χ3n) is 6.41. The Hall–Kier alpha value is -2.96. The minimum absolute atomic E-state index is 0.0364. The van der Waals surface area contributed by atoms with Crippen molar-refractivity contribution in [1.29, 1.82) is 0 Å². The van der Waals surface area contributed by atoms with Crippen LogP contribution in [0.15, 0.2) is 66.7 Å². The van der Waals surface area contributed by atoms with Crippen LogP contribution in [0.2, 0.25) is 0 Å². The number of amides is 1. The van der Waals surface area contributed by atoms with Gasteiger partial charge in [0.2, 0.25) is 0 Å². The number of nitrogens with zero attached hydrogens (tertiary/aromatic N) is 3. The molecular formula is C24H25N3O3. The van der Waals surface area contributed by atoms with Gasteiger partial charge in [0.25, 0.3) is 5.91 Å². The van der Waals surface area contributed by atoms with E-state index in [0.29, 0.717) is 32.0 Å². The van der Waals surface area contributed by atoms with Gasteiger partial charge in [-0.25, -0.2) is 4.68 Å². The Morgan fingerprint density at radius 3 is 2.57 bits per heavy atom. The Labute approximate surface area is 175 Å². The number of ether oxygens (including phenoxy) is 1. The van der Waals surface area contributed by atoms with E-state index >= 15 is 0 Å². The third-order valence-corrected chi connectivity index (χ3v) is 6.41. The van der Waals surface area contributed by atoms with Gasteiger partial charge in [-0.3, -0.25) is 4.79 Å². The molecule has 1 amide bonds. The van der Waals surface area contributed by atoms with Crippen molar-refractivity contribution in [2.45, 2.75) is 6.42 Å². The number of benzene rings is 2. The van der Waals surface area contributed by atoms with Gasteiger partial charge in [-0.15, -0.1) is 0 Å². The van der Waals surface area contributed by atoms with Gasteiger partial charge < -0.3 is 14.7 Å². The van der Waals surface area contributed by atoms with E-state index in [0.717, 1.165) is 23.4 Å². The average molecular weight is 403 g/mol. The highest BCUT2D eigenvalue weighted by Gasteiger charge is 2.49. The molecule has 1 N–H and O–H groups in total. The molecule has 154 valence electrons. The number of aliphatic hydroxyl groups is 1. The van der Waals surface area contributed by atoms with E-state index in [1.165, 1.54) is 0 Å². The number of aromatic nitrogens is 2. The van der Waals surface area contributed by atoms with E-state index in [-0.39, 0.29) is 23.8 Å². The molecule has 1 aromatic heterocycles. The zero-order valence-electron chi connectivity index (χ0n) is 16.8. The SMILES string of the molecule is O=C(c1cc(-c2ccccc2)nn1-c1ccccc1)N1C[C@@H]2CCOC[C@]2(CO)C1. The number of aliphatic hydroxyl groups excluding tert-OH is 1. The monoisotopic (exact) mass is 403 g/mol. The fraction of sp³-hybridized carbons (Fsp3) is 0.333. The molecule has 2 saturated heterocycles. The van der Waals surface area contributed by atoms with E-state index in [9.17, 15) is 9.90 Å². The fourth-order valence-corrected chi connectivity index (χ4v) is 4.69. The zero-order chi connectivity index (χ0) is 20.6. The van der Waals surface area contributed by atoms with Crippen molar-refractivity contribution in [3.05, 3.63) is 72.4 Å². The van der Waals surface area contributed by atoms with Gasteiger partial charge in [0, 0.05) is 30.7 Å². The van der Waals surface area contributed by atoms with Crippen LogP contribution >= 0.6 is 0 Å². The molecule has 0 spiro atoms. The largest absolute Gasteiger partial charge is 0.396 e.